The maximum atomic E-state index is 8.97. The van der Waals surface area contributed by atoms with Gasteiger partial charge >= 0.3 is 0 Å². The van der Waals surface area contributed by atoms with Crippen LogP contribution in [0.15, 0.2) is 0 Å². The Bertz CT molecular complexity index is 137. The van der Waals surface area contributed by atoms with Gasteiger partial charge in [-0.15, -0.1) is 0 Å². The van der Waals surface area contributed by atoms with Crippen LogP contribution >= 0.6 is 0 Å². The molecular formula is C9H18O2. The van der Waals surface area contributed by atoms with E-state index in [0.717, 1.165) is 6.42 Å². The largest absolute Gasteiger partial charge is 0.366 e. The van der Waals surface area contributed by atoms with Gasteiger partial charge < -0.3 is 9.84 Å². The van der Waals surface area contributed by atoms with Crippen molar-refractivity contribution in [1.29, 1.82) is 0 Å². The van der Waals surface area contributed by atoms with Crippen LogP contribution in [0.5, 0.6) is 0 Å². The van der Waals surface area contributed by atoms with E-state index in [-0.39, 0.29) is 6.10 Å². The molecule has 1 aliphatic heterocycles. The fourth-order valence-electron chi connectivity index (χ4n) is 1.61. The Morgan fingerprint density at radius 1 is 1.45 bits per heavy atom. The van der Waals surface area contributed by atoms with Crippen molar-refractivity contribution in [2.24, 2.45) is 11.3 Å². The van der Waals surface area contributed by atoms with Crippen LogP contribution in [0.4, 0.5) is 0 Å². The minimum absolute atomic E-state index is 0.106. The van der Waals surface area contributed by atoms with E-state index in [4.69, 9.17) is 9.84 Å². The molecule has 3 atom stereocenters. The molecule has 1 N–H and O–H groups in total. The smallest absolute Gasteiger partial charge is 0.182 e. The predicted molar refractivity (Wildman–Crippen MR) is 44.1 cm³/mol. The molecular weight excluding hydrogens is 140 g/mol. The summed E-state index contributed by atoms with van der Waals surface area (Å²) in [4.78, 5) is 0. The van der Waals surface area contributed by atoms with Crippen LogP contribution in [0.1, 0.15) is 34.1 Å². The summed E-state index contributed by atoms with van der Waals surface area (Å²) in [5.41, 5.74) is 0.338. The molecule has 1 aliphatic rings. The topological polar surface area (TPSA) is 32.8 Å². The van der Waals surface area contributed by atoms with E-state index in [2.05, 4.69) is 27.7 Å². The summed E-state index contributed by atoms with van der Waals surface area (Å²) in [5, 5.41) is 8.97. The zero-order chi connectivity index (χ0) is 8.65. The second-order valence-electron chi connectivity index (χ2n) is 4.73. The predicted octanol–water partition coefficient (Wildman–Crippen LogP) is 1.78. The Labute approximate surface area is 68.6 Å². The van der Waals surface area contributed by atoms with E-state index in [1.807, 2.05) is 0 Å². The van der Waals surface area contributed by atoms with Gasteiger partial charge in [-0.05, 0) is 17.8 Å². The van der Waals surface area contributed by atoms with E-state index in [1.54, 1.807) is 0 Å². The Balaban J connectivity index is 2.27. The van der Waals surface area contributed by atoms with Gasteiger partial charge in [0.05, 0.1) is 0 Å². The first-order valence-electron chi connectivity index (χ1n) is 4.24. The third kappa shape index (κ3) is 2.80. The quantitative estimate of drug-likeness (QED) is 0.621. The van der Waals surface area contributed by atoms with Crippen LogP contribution in [0.25, 0.3) is 0 Å². The highest BCUT2D eigenvalue weighted by atomic mass is 16.7. The molecule has 66 valence electrons. The first-order chi connectivity index (χ1) is 4.90. The second kappa shape index (κ2) is 2.76. The number of epoxide rings is 1. The summed E-state index contributed by atoms with van der Waals surface area (Å²) in [7, 11) is 0. The van der Waals surface area contributed by atoms with Gasteiger partial charge in [-0.1, -0.05) is 27.7 Å². The zero-order valence-corrected chi connectivity index (χ0v) is 7.79. The summed E-state index contributed by atoms with van der Waals surface area (Å²) in [6.07, 6.45) is 0.732. The molecule has 0 aromatic heterocycles. The lowest BCUT2D eigenvalue weighted by Crippen LogP contribution is -2.16. The summed E-state index contributed by atoms with van der Waals surface area (Å²) < 4.78 is 4.98. The van der Waals surface area contributed by atoms with Gasteiger partial charge in [0, 0.05) is 0 Å². The lowest BCUT2D eigenvalue weighted by atomic mass is 9.84. The molecule has 0 aromatic rings. The van der Waals surface area contributed by atoms with E-state index in [0.29, 0.717) is 11.3 Å². The molecule has 1 saturated heterocycles. The second-order valence-corrected chi connectivity index (χ2v) is 4.73. The van der Waals surface area contributed by atoms with Crippen molar-refractivity contribution < 1.29 is 9.84 Å². The molecule has 0 spiro atoms. The van der Waals surface area contributed by atoms with Crippen LogP contribution in [-0.4, -0.2) is 17.5 Å². The number of aliphatic hydroxyl groups excluding tert-OH is 1. The maximum absolute atomic E-state index is 8.97. The Morgan fingerprint density at radius 2 is 1.91 bits per heavy atom. The van der Waals surface area contributed by atoms with Gasteiger partial charge in [0.25, 0.3) is 0 Å². The number of aliphatic hydroxyl groups is 1. The van der Waals surface area contributed by atoms with Crippen molar-refractivity contribution in [1.82, 2.24) is 0 Å². The number of hydrogen-bond donors (Lipinski definition) is 1. The van der Waals surface area contributed by atoms with Crippen molar-refractivity contribution in [2.75, 3.05) is 0 Å². The highest BCUT2D eigenvalue weighted by Crippen LogP contribution is 2.34. The maximum Gasteiger partial charge on any atom is 0.182 e. The van der Waals surface area contributed by atoms with E-state index < -0.39 is 6.29 Å². The van der Waals surface area contributed by atoms with Crippen LogP contribution < -0.4 is 0 Å². The molecule has 0 aromatic carbocycles. The SMILES string of the molecule is CC(CC(C)(C)C)C1OC1O. The van der Waals surface area contributed by atoms with Gasteiger partial charge in [0.2, 0.25) is 0 Å². The third-order valence-electron chi connectivity index (χ3n) is 2.00. The molecule has 2 heteroatoms. The van der Waals surface area contributed by atoms with Crippen LogP contribution in [0, 0.1) is 11.3 Å². The van der Waals surface area contributed by atoms with Crippen LogP contribution in [0.2, 0.25) is 0 Å². The lowest BCUT2D eigenvalue weighted by Gasteiger charge is -2.21. The molecule has 11 heavy (non-hydrogen) atoms. The molecule has 0 saturated carbocycles. The van der Waals surface area contributed by atoms with E-state index in [9.17, 15) is 0 Å². The average molecular weight is 158 g/mol. The molecule has 1 heterocycles. The minimum atomic E-state index is -0.479. The fraction of sp³-hybridized carbons (Fsp3) is 1.00. The molecule has 1 rings (SSSR count). The van der Waals surface area contributed by atoms with Gasteiger partial charge in [0.1, 0.15) is 6.10 Å². The van der Waals surface area contributed by atoms with Gasteiger partial charge in [0.15, 0.2) is 6.29 Å². The van der Waals surface area contributed by atoms with Crippen LogP contribution in [-0.2, 0) is 4.74 Å². The normalized spacial score (nSPS) is 33.5. The molecule has 1 fully saturated rings. The standard InChI is InChI=1S/C9H18O2/c1-6(5-9(2,3)4)7-8(10)11-7/h6-8,10H,5H2,1-4H3. The lowest BCUT2D eigenvalue weighted by molar-refractivity contribution is 0.155. The molecule has 3 unspecified atom stereocenters. The van der Waals surface area contributed by atoms with Gasteiger partial charge in [-0.25, -0.2) is 0 Å². The highest BCUT2D eigenvalue weighted by molar-refractivity contribution is 4.83. The molecule has 2 nitrogen and oxygen atoms in total. The number of rotatable bonds is 2. The monoisotopic (exact) mass is 158 g/mol. The first-order valence-corrected chi connectivity index (χ1v) is 4.24. The van der Waals surface area contributed by atoms with Crippen LogP contribution in [0.3, 0.4) is 0 Å². The highest BCUT2D eigenvalue weighted by Gasteiger charge is 2.42. The average Bonchev–Trinajstić information content (AvgIpc) is 2.41. The van der Waals surface area contributed by atoms with Crippen molar-refractivity contribution >= 4 is 0 Å². The summed E-state index contributed by atoms with van der Waals surface area (Å²) in [5.74, 6) is 0.477. The third-order valence-corrected chi connectivity index (χ3v) is 2.00. The zero-order valence-electron chi connectivity index (χ0n) is 7.79. The summed E-state index contributed by atoms with van der Waals surface area (Å²) in [6.45, 7) is 8.75. The number of hydrogen-bond acceptors (Lipinski definition) is 2. The summed E-state index contributed by atoms with van der Waals surface area (Å²) in [6, 6.07) is 0. The van der Waals surface area contributed by atoms with E-state index in [1.165, 1.54) is 0 Å². The van der Waals surface area contributed by atoms with Gasteiger partial charge in [-0.3, -0.25) is 0 Å². The Hall–Kier alpha value is -0.0800. The molecule has 0 aliphatic carbocycles. The van der Waals surface area contributed by atoms with Crippen molar-refractivity contribution in [2.45, 2.75) is 46.5 Å². The molecule has 0 radical (unpaired) electrons. The van der Waals surface area contributed by atoms with Crippen molar-refractivity contribution in [3.8, 4) is 0 Å². The molecule has 0 amide bonds. The fourth-order valence-corrected chi connectivity index (χ4v) is 1.61. The Morgan fingerprint density at radius 3 is 2.18 bits per heavy atom. The number of ether oxygens (including phenoxy) is 1. The molecule has 0 bridgehead atoms. The summed E-state index contributed by atoms with van der Waals surface area (Å²) >= 11 is 0. The minimum Gasteiger partial charge on any atom is -0.366 e. The van der Waals surface area contributed by atoms with E-state index >= 15 is 0 Å². The van der Waals surface area contributed by atoms with Crippen molar-refractivity contribution in [3.05, 3.63) is 0 Å². The van der Waals surface area contributed by atoms with Gasteiger partial charge in [-0.2, -0.15) is 0 Å². The first kappa shape index (κ1) is 9.01. The van der Waals surface area contributed by atoms with Crippen molar-refractivity contribution in [3.63, 3.8) is 0 Å². The Kier molecular flexibility index (Phi) is 2.26.